The van der Waals surface area contributed by atoms with E-state index in [4.69, 9.17) is 16.3 Å². The molecule has 0 spiro atoms. The Labute approximate surface area is 236 Å². The summed E-state index contributed by atoms with van der Waals surface area (Å²) in [5.74, 6) is -1.56. The third-order valence-electron chi connectivity index (χ3n) is 6.49. The van der Waals surface area contributed by atoms with E-state index in [0.29, 0.717) is 17.0 Å². The van der Waals surface area contributed by atoms with Crippen LogP contribution in [0.25, 0.3) is 0 Å². The standard InChI is InChI=1S/C28H23BrClF3N2O4/c1-39-24-9-7-19(14-21(24)23(36)13-16-2-5-18(29)6-3-16)35-25(37)20-12-17(4-8-22(20)30)15-34-26(38)27(10-11-27)28(31,32)33/h2-9,12,14H,10-11,13,15H2,1H3,(H,34,38)(H,35,37). The maximum absolute atomic E-state index is 13.2. The van der Waals surface area contributed by atoms with Crippen LogP contribution in [0.4, 0.5) is 18.9 Å². The molecule has 0 atom stereocenters. The first-order valence-electron chi connectivity index (χ1n) is 11.8. The summed E-state index contributed by atoms with van der Waals surface area (Å²) in [6, 6.07) is 16.3. The summed E-state index contributed by atoms with van der Waals surface area (Å²) in [6.45, 7) is -0.203. The minimum absolute atomic E-state index is 0.0546. The van der Waals surface area contributed by atoms with Gasteiger partial charge in [0.05, 0.1) is 23.3 Å². The Kier molecular flexibility index (Phi) is 8.37. The van der Waals surface area contributed by atoms with Crippen molar-refractivity contribution < 1.29 is 32.3 Å². The molecule has 3 aromatic rings. The van der Waals surface area contributed by atoms with Crippen LogP contribution in [0.2, 0.25) is 5.02 Å². The number of carbonyl (C=O) groups is 3. The summed E-state index contributed by atoms with van der Waals surface area (Å²) < 4.78 is 45.8. The first-order chi connectivity index (χ1) is 18.4. The molecule has 0 aliphatic heterocycles. The van der Waals surface area contributed by atoms with Crippen LogP contribution in [0.5, 0.6) is 5.75 Å². The largest absolute Gasteiger partial charge is 0.496 e. The molecule has 0 bridgehead atoms. The number of amides is 2. The summed E-state index contributed by atoms with van der Waals surface area (Å²) in [6.07, 6.45) is -4.98. The summed E-state index contributed by atoms with van der Waals surface area (Å²) in [5, 5.41) is 5.11. The first kappa shape index (κ1) is 28.6. The minimum atomic E-state index is -4.61. The molecule has 0 unspecified atom stereocenters. The molecular formula is C28H23BrClF3N2O4. The SMILES string of the molecule is COc1ccc(NC(=O)c2cc(CNC(=O)C3(C(F)(F)F)CC3)ccc2Cl)cc1C(=O)Cc1ccc(Br)cc1. The molecule has 0 aromatic heterocycles. The van der Waals surface area contributed by atoms with Crippen LogP contribution in [0.15, 0.2) is 65.1 Å². The van der Waals surface area contributed by atoms with E-state index in [1.807, 2.05) is 24.3 Å². The van der Waals surface area contributed by atoms with Gasteiger partial charge in [0.1, 0.15) is 11.2 Å². The van der Waals surface area contributed by atoms with Crippen LogP contribution in [0.3, 0.4) is 0 Å². The average molecular weight is 624 g/mol. The van der Waals surface area contributed by atoms with Gasteiger partial charge in [-0.25, -0.2) is 0 Å². The number of hydrogen-bond donors (Lipinski definition) is 2. The highest BCUT2D eigenvalue weighted by atomic mass is 79.9. The van der Waals surface area contributed by atoms with Gasteiger partial charge in [0.15, 0.2) is 5.78 Å². The van der Waals surface area contributed by atoms with E-state index < -0.39 is 23.4 Å². The lowest BCUT2D eigenvalue weighted by Gasteiger charge is -2.18. The number of alkyl halides is 3. The quantitative estimate of drug-likeness (QED) is 0.259. The van der Waals surface area contributed by atoms with Crippen LogP contribution in [0, 0.1) is 5.41 Å². The van der Waals surface area contributed by atoms with E-state index in [2.05, 4.69) is 26.6 Å². The highest BCUT2D eigenvalue weighted by Gasteiger charge is 2.68. The molecule has 204 valence electrons. The molecule has 1 aliphatic rings. The Hall–Kier alpha value is -3.37. The Morgan fingerprint density at radius 2 is 1.64 bits per heavy atom. The van der Waals surface area contributed by atoms with Crippen LogP contribution in [-0.2, 0) is 17.8 Å². The van der Waals surface area contributed by atoms with Gasteiger partial charge in [-0.3, -0.25) is 14.4 Å². The van der Waals surface area contributed by atoms with Crippen LogP contribution in [-0.4, -0.2) is 30.9 Å². The molecule has 2 N–H and O–H groups in total. The van der Waals surface area contributed by atoms with E-state index in [0.717, 1.165) is 10.0 Å². The summed E-state index contributed by atoms with van der Waals surface area (Å²) >= 11 is 9.58. The number of methoxy groups -OCH3 is 1. The van der Waals surface area contributed by atoms with Crippen molar-refractivity contribution in [2.75, 3.05) is 12.4 Å². The molecule has 2 amide bonds. The number of halogens is 5. The van der Waals surface area contributed by atoms with Crippen molar-refractivity contribution in [3.8, 4) is 5.75 Å². The number of nitrogens with one attached hydrogen (secondary N) is 2. The van der Waals surface area contributed by atoms with E-state index in [1.165, 1.54) is 31.4 Å². The number of anilines is 1. The van der Waals surface area contributed by atoms with Crippen molar-refractivity contribution in [3.63, 3.8) is 0 Å². The second-order valence-corrected chi connectivity index (χ2v) is 10.5. The first-order valence-corrected chi connectivity index (χ1v) is 13.0. The molecule has 1 fully saturated rings. The van der Waals surface area contributed by atoms with Crippen LogP contribution < -0.4 is 15.4 Å². The molecule has 0 heterocycles. The van der Waals surface area contributed by atoms with Gasteiger partial charge in [-0.2, -0.15) is 13.2 Å². The summed E-state index contributed by atoms with van der Waals surface area (Å²) in [7, 11) is 1.44. The number of ether oxygens (including phenoxy) is 1. The number of ketones is 1. The fourth-order valence-electron chi connectivity index (χ4n) is 4.06. The lowest BCUT2D eigenvalue weighted by Crippen LogP contribution is -2.40. The van der Waals surface area contributed by atoms with Gasteiger partial charge >= 0.3 is 6.18 Å². The molecule has 3 aromatic carbocycles. The maximum Gasteiger partial charge on any atom is 0.403 e. The summed E-state index contributed by atoms with van der Waals surface area (Å²) in [4.78, 5) is 38.2. The number of rotatable bonds is 9. The number of carbonyl (C=O) groups excluding carboxylic acids is 3. The lowest BCUT2D eigenvalue weighted by molar-refractivity contribution is -0.192. The normalized spacial score (nSPS) is 13.9. The zero-order valence-electron chi connectivity index (χ0n) is 20.6. The van der Waals surface area contributed by atoms with Gasteiger partial charge in [-0.15, -0.1) is 0 Å². The molecule has 39 heavy (non-hydrogen) atoms. The van der Waals surface area contributed by atoms with Crippen molar-refractivity contribution in [1.29, 1.82) is 0 Å². The topological polar surface area (TPSA) is 84.5 Å². The number of Topliss-reactive ketones (excluding diaryl/α,β-unsaturated/α-hetero) is 1. The van der Waals surface area contributed by atoms with E-state index in [9.17, 15) is 27.6 Å². The van der Waals surface area contributed by atoms with E-state index >= 15 is 0 Å². The molecule has 4 rings (SSSR count). The van der Waals surface area contributed by atoms with Gasteiger partial charge in [-0.1, -0.05) is 45.7 Å². The van der Waals surface area contributed by atoms with Crippen LogP contribution >= 0.6 is 27.5 Å². The number of benzene rings is 3. The zero-order valence-corrected chi connectivity index (χ0v) is 23.0. The summed E-state index contributed by atoms with van der Waals surface area (Å²) in [5.41, 5.74) is -0.483. The molecule has 11 heteroatoms. The van der Waals surface area contributed by atoms with Gasteiger partial charge in [-0.05, 0) is 66.4 Å². The van der Waals surface area contributed by atoms with Gasteiger partial charge in [0.2, 0.25) is 5.91 Å². The monoisotopic (exact) mass is 622 g/mol. The Morgan fingerprint density at radius 1 is 0.974 bits per heavy atom. The fraction of sp³-hybridized carbons (Fsp3) is 0.250. The number of hydrogen-bond acceptors (Lipinski definition) is 4. The van der Waals surface area contributed by atoms with Crippen molar-refractivity contribution >= 4 is 50.8 Å². The van der Waals surface area contributed by atoms with Crippen molar-refractivity contribution in [2.45, 2.75) is 32.0 Å². The van der Waals surface area contributed by atoms with Gasteiger partial charge in [0.25, 0.3) is 5.91 Å². The fourth-order valence-corrected chi connectivity index (χ4v) is 4.52. The Bertz CT molecular complexity index is 1420. The molecular weight excluding hydrogens is 601 g/mol. The van der Waals surface area contributed by atoms with Crippen LogP contribution in [0.1, 0.15) is 44.7 Å². The minimum Gasteiger partial charge on any atom is -0.496 e. The maximum atomic E-state index is 13.2. The molecule has 0 saturated heterocycles. The molecule has 1 saturated carbocycles. The molecule has 6 nitrogen and oxygen atoms in total. The third kappa shape index (κ3) is 6.45. The highest BCUT2D eigenvalue weighted by molar-refractivity contribution is 9.10. The van der Waals surface area contributed by atoms with Crippen molar-refractivity contribution in [3.05, 3.63) is 92.4 Å². The van der Waals surface area contributed by atoms with E-state index in [1.54, 1.807) is 12.1 Å². The second kappa shape index (κ2) is 11.4. The predicted octanol–water partition coefficient (Wildman–Crippen LogP) is 6.75. The predicted molar refractivity (Wildman–Crippen MR) is 144 cm³/mol. The van der Waals surface area contributed by atoms with E-state index in [-0.39, 0.29) is 47.7 Å². The second-order valence-electron chi connectivity index (χ2n) is 9.17. The van der Waals surface area contributed by atoms with Crippen molar-refractivity contribution in [2.24, 2.45) is 5.41 Å². The Morgan fingerprint density at radius 3 is 2.26 bits per heavy atom. The van der Waals surface area contributed by atoms with Gasteiger partial charge in [0, 0.05) is 23.1 Å². The zero-order chi connectivity index (χ0) is 28.4. The highest BCUT2D eigenvalue weighted by Crippen LogP contribution is 2.57. The third-order valence-corrected chi connectivity index (χ3v) is 7.35. The average Bonchev–Trinajstić information content (AvgIpc) is 3.72. The van der Waals surface area contributed by atoms with Crippen molar-refractivity contribution in [1.82, 2.24) is 5.32 Å². The lowest BCUT2D eigenvalue weighted by atomic mass is 10.0. The smallest absolute Gasteiger partial charge is 0.403 e. The Balaban J connectivity index is 1.47. The van der Waals surface area contributed by atoms with Gasteiger partial charge < -0.3 is 15.4 Å². The molecule has 1 aliphatic carbocycles. The molecule has 0 radical (unpaired) electrons.